The molecule has 10 heteroatoms. The minimum absolute atomic E-state index is 0.105. The average molecular weight is 412 g/mol. The molecule has 1 aromatic heterocycles. The lowest BCUT2D eigenvalue weighted by Crippen LogP contribution is -2.41. The Labute approximate surface area is 163 Å². The maximum atomic E-state index is 13.5. The first-order chi connectivity index (χ1) is 13.8. The van der Waals surface area contributed by atoms with Crippen molar-refractivity contribution in [2.75, 3.05) is 13.1 Å². The van der Waals surface area contributed by atoms with Gasteiger partial charge >= 0.3 is 11.9 Å². The van der Waals surface area contributed by atoms with Crippen molar-refractivity contribution < 1.29 is 22.4 Å². The van der Waals surface area contributed by atoms with E-state index in [0.717, 1.165) is 23.6 Å². The van der Waals surface area contributed by atoms with E-state index in [0.29, 0.717) is 44.2 Å². The third-order valence-electron chi connectivity index (χ3n) is 5.50. The Morgan fingerprint density at radius 3 is 2.59 bits per heavy atom. The fourth-order valence-electron chi connectivity index (χ4n) is 4.08. The summed E-state index contributed by atoms with van der Waals surface area (Å²) in [7, 11) is 0. The number of fused-ring (bicyclic) bond motifs is 1. The monoisotopic (exact) mass is 412 g/mol. The lowest BCUT2D eigenvalue weighted by molar-refractivity contribution is -0.140. The lowest BCUT2D eigenvalue weighted by atomic mass is 10.0. The molecule has 0 bridgehead atoms. The van der Waals surface area contributed by atoms with Crippen molar-refractivity contribution in [3.8, 4) is 0 Å². The molecule has 4 rings (SSSR count). The summed E-state index contributed by atoms with van der Waals surface area (Å²) in [5, 5.41) is 4.24. The number of carbonyl (C=O) groups is 1. The summed E-state index contributed by atoms with van der Waals surface area (Å²) >= 11 is 0. The maximum absolute atomic E-state index is 13.5. The number of halogens is 4. The van der Waals surface area contributed by atoms with E-state index in [1.807, 2.05) is 0 Å². The van der Waals surface area contributed by atoms with E-state index >= 15 is 0 Å². The van der Waals surface area contributed by atoms with Gasteiger partial charge in [-0.05, 0) is 43.4 Å². The van der Waals surface area contributed by atoms with Crippen LogP contribution in [-0.2, 0) is 23.9 Å². The van der Waals surface area contributed by atoms with Crippen molar-refractivity contribution in [3.05, 3.63) is 51.5 Å². The number of likely N-dealkylation sites (tertiary alicyclic amines) is 1. The minimum atomic E-state index is -4.83. The summed E-state index contributed by atoms with van der Waals surface area (Å²) < 4.78 is 54.8. The molecule has 1 aromatic carbocycles. The molecule has 0 saturated carbocycles. The highest BCUT2D eigenvalue weighted by Crippen LogP contribution is 2.32. The predicted octanol–water partition coefficient (Wildman–Crippen LogP) is 2.75. The van der Waals surface area contributed by atoms with Gasteiger partial charge in [-0.3, -0.25) is 9.36 Å². The van der Waals surface area contributed by atoms with Gasteiger partial charge in [0.2, 0.25) is 5.91 Å². The summed E-state index contributed by atoms with van der Waals surface area (Å²) in [6, 6.07) is 1.99. The van der Waals surface area contributed by atoms with Gasteiger partial charge in [0.15, 0.2) is 0 Å². The number of aryl methyl sites for hydroxylation is 1. The smallest absolute Gasteiger partial charge is 0.341 e. The molecule has 1 saturated heterocycles. The largest absolute Gasteiger partial charge is 0.419 e. The number of hydrogen-bond acceptors (Lipinski definition) is 3. The average Bonchev–Trinajstić information content (AvgIpc) is 3.31. The Morgan fingerprint density at radius 1 is 1.17 bits per heavy atom. The van der Waals surface area contributed by atoms with E-state index in [1.165, 1.54) is 10.6 Å². The Balaban J connectivity index is 1.64. The highest BCUT2D eigenvalue weighted by atomic mass is 19.4. The number of nitrogens with zero attached hydrogens (tertiary/aromatic N) is 4. The van der Waals surface area contributed by atoms with Crippen LogP contribution in [0.2, 0.25) is 0 Å². The molecule has 0 spiro atoms. The van der Waals surface area contributed by atoms with Gasteiger partial charge in [-0.2, -0.15) is 18.3 Å². The molecule has 1 amide bonds. The zero-order chi connectivity index (χ0) is 20.8. The van der Waals surface area contributed by atoms with Gasteiger partial charge in [0.1, 0.15) is 17.7 Å². The molecule has 0 unspecified atom stereocenters. The number of hydrogen-bond donors (Lipinski definition) is 0. The Hall–Kier alpha value is -2.65. The molecule has 2 aromatic rings. The zero-order valence-electron chi connectivity index (χ0n) is 15.6. The van der Waals surface area contributed by atoms with E-state index in [4.69, 9.17) is 0 Å². The Kier molecular flexibility index (Phi) is 4.95. The van der Waals surface area contributed by atoms with Crippen LogP contribution in [0.1, 0.15) is 48.7 Å². The number of rotatable bonds is 3. The van der Waals surface area contributed by atoms with Gasteiger partial charge in [0, 0.05) is 19.5 Å². The third kappa shape index (κ3) is 3.67. The topological polar surface area (TPSA) is 60.1 Å². The lowest BCUT2D eigenvalue weighted by Gasteiger charge is -2.27. The van der Waals surface area contributed by atoms with E-state index < -0.39 is 29.3 Å². The van der Waals surface area contributed by atoms with Gasteiger partial charge in [0.25, 0.3) is 0 Å². The Morgan fingerprint density at radius 2 is 1.90 bits per heavy atom. The van der Waals surface area contributed by atoms with Gasteiger partial charge in [0.05, 0.1) is 12.1 Å². The molecular formula is C19H20F4N4O2. The normalized spacial score (nSPS) is 19.4. The van der Waals surface area contributed by atoms with Crippen molar-refractivity contribution in [3.63, 3.8) is 0 Å². The SMILES string of the molecule is O=C([C@H]1CCCc2nn(Cc3ccc(F)c(C(F)(F)F)c3)c(=O)n21)N1CCCC1. The summed E-state index contributed by atoms with van der Waals surface area (Å²) in [4.78, 5) is 27.5. The number of alkyl halides is 3. The summed E-state index contributed by atoms with van der Waals surface area (Å²) in [5.41, 5.74) is -1.80. The van der Waals surface area contributed by atoms with Crippen LogP contribution in [0.15, 0.2) is 23.0 Å². The second kappa shape index (κ2) is 7.31. The van der Waals surface area contributed by atoms with Crippen LogP contribution in [0.3, 0.4) is 0 Å². The van der Waals surface area contributed by atoms with Crippen molar-refractivity contribution in [2.24, 2.45) is 0 Å². The number of amides is 1. The van der Waals surface area contributed by atoms with Gasteiger partial charge in [-0.1, -0.05) is 6.07 Å². The molecule has 0 aliphatic carbocycles. The van der Waals surface area contributed by atoms with E-state index in [2.05, 4.69) is 5.10 Å². The summed E-state index contributed by atoms with van der Waals surface area (Å²) in [5.74, 6) is -1.02. The fraction of sp³-hybridized carbons (Fsp3) is 0.526. The Bertz CT molecular complexity index is 989. The number of carbonyl (C=O) groups excluding carboxylic acids is 1. The van der Waals surface area contributed by atoms with E-state index in [1.54, 1.807) is 4.90 Å². The molecule has 2 aliphatic rings. The first-order valence-electron chi connectivity index (χ1n) is 9.58. The zero-order valence-corrected chi connectivity index (χ0v) is 15.6. The quantitative estimate of drug-likeness (QED) is 0.729. The molecule has 0 radical (unpaired) electrons. The predicted molar refractivity (Wildman–Crippen MR) is 94.8 cm³/mol. The van der Waals surface area contributed by atoms with Gasteiger partial charge in [-0.25, -0.2) is 13.9 Å². The molecule has 29 heavy (non-hydrogen) atoms. The minimum Gasteiger partial charge on any atom is -0.341 e. The molecular weight excluding hydrogens is 392 g/mol. The third-order valence-corrected chi connectivity index (χ3v) is 5.50. The van der Waals surface area contributed by atoms with Crippen LogP contribution in [0, 0.1) is 5.82 Å². The molecule has 1 fully saturated rings. The highest BCUT2D eigenvalue weighted by Gasteiger charge is 2.35. The fourth-order valence-corrected chi connectivity index (χ4v) is 4.08. The van der Waals surface area contributed by atoms with Crippen LogP contribution in [0.4, 0.5) is 17.6 Å². The van der Waals surface area contributed by atoms with Crippen LogP contribution >= 0.6 is 0 Å². The van der Waals surface area contributed by atoms with Gasteiger partial charge in [-0.15, -0.1) is 0 Å². The standard InChI is InChI=1S/C19H20F4N4O2/c20-14-7-6-12(10-13(14)19(21,22)23)11-26-18(29)27-15(4-3-5-16(27)24-26)17(28)25-8-1-2-9-25/h6-7,10,15H,1-5,8-9,11H2/t15-/m1/s1. The molecule has 1 atom stereocenters. The maximum Gasteiger partial charge on any atom is 0.419 e. The van der Waals surface area contributed by atoms with Crippen molar-refractivity contribution in [1.82, 2.24) is 19.2 Å². The van der Waals surface area contributed by atoms with Crippen LogP contribution in [0.5, 0.6) is 0 Å². The molecule has 156 valence electrons. The van der Waals surface area contributed by atoms with E-state index in [-0.39, 0.29) is 18.0 Å². The molecule has 3 heterocycles. The van der Waals surface area contributed by atoms with Gasteiger partial charge < -0.3 is 4.90 Å². The highest BCUT2D eigenvalue weighted by molar-refractivity contribution is 5.80. The number of benzene rings is 1. The van der Waals surface area contributed by atoms with E-state index in [9.17, 15) is 27.2 Å². The van der Waals surface area contributed by atoms with Crippen LogP contribution < -0.4 is 5.69 Å². The molecule has 0 N–H and O–H groups in total. The summed E-state index contributed by atoms with van der Waals surface area (Å²) in [6.45, 7) is 1.11. The second-order valence-corrected chi connectivity index (χ2v) is 7.48. The molecule has 2 aliphatic heterocycles. The number of aromatic nitrogens is 3. The summed E-state index contributed by atoms with van der Waals surface area (Å²) in [6.07, 6.45) is -1.20. The van der Waals surface area contributed by atoms with Crippen LogP contribution in [-0.4, -0.2) is 38.2 Å². The molecule has 6 nitrogen and oxygen atoms in total. The van der Waals surface area contributed by atoms with Crippen molar-refractivity contribution in [2.45, 2.75) is 50.9 Å². The first kappa shape index (κ1) is 19.7. The van der Waals surface area contributed by atoms with Crippen molar-refractivity contribution >= 4 is 5.91 Å². The second-order valence-electron chi connectivity index (χ2n) is 7.48. The van der Waals surface area contributed by atoms with Crippen LogP contribution in [0.25, 0.3) is 0 Å². The van der Waals surface area contributed by atoms with Crippen molar-refractivity contribution in [1.29, 1.82) is 0 Å². The first-order valence-corrected chi connectivity index (χ1v) is 9.58.